The molecule has 6 nitrogen and oxygen atoms in total. The zero-order valence-corrected chi connectivity index (χ0v) is 13.0. The van der Waals surface area contributed by atoms with Crippen molar-refractivity contribution in [2.45, 2.75) is 6.18 Å². The van der Waals surface area contributed by atoms with E-state index in [4.69, 9.17) is 16.3 Å². The maximum Gasteiger partial charge on any atom is 0.417 e. The molecule has 128 valence electrons. The van der Waals surface area contributed by atoms with Crippen molar-refractivity contribution in [3.05, 3.63) is 45.5 Å². The molecule has 1 fully saturated rings. The van der Waals surface area contributed by atoms with Gasteiger partial charge in [0.1, 0.15) is 5.02 Å². The molecule has 1 aliphatic heterocycles. The van der Waals surface area contributed by atoms with Gasteiger partial charge >= 0.3 is 6.18 Å². The summed E-state index contributed by atoms with van der Waals surface area (Å²) in [5.74, 6) is -0.0385. The number of hydrogen-bond donors (Lipinski definition) is 0. The highest BCUT2D eigenvalue weighted by molar-refractivity contribution is 6.33. The fourth-order valence-corrected chi connectivity index (χ4v) is 2.54. The second kappa shape index (κ2) is 6.40. The van der Waals surface area contributed by atoms with Gasteiger partial charge in [-0.25, -0.2) is 4.98 Å². The highest BCUT2D eigenvalue weighted by atomic mass is 35.5. The summed E-state index contributed by atoms with van der Waals surface area (Å²) in [6.07, 6.45) is -2.45. The summed E-state index contributed by atoms with van der Waals surface area (Å²) in [5.41, 5.74) is -1.09. The summed E-state index contributed by atoms with van der Waals surface area (Å²) >= 11 is 6.12. The molecule has 0 spiro atoms. The molecular weight excluding hydrogens is 349 g/mol. The van der Waals surface area contributed by atoms with Gasteiger partial charge in [-0.1, -0.05) is 11.6 Å². The first-order valence-corrected chi connectivity index (χ1v) is 7.40. The van der Waals surface area contributed by atoms with Crippen LogP contribution in [0.3, 0.4) is 0 Å². The number of halogens is 4. The van der Waals surface area contributed by atoms with Gasteiger partial charge in [0.2, 0.25) is 0 Å². The summed E-state index contributed by atoms with van der Waals surface area (Å²) in [6.45, 7) is 2.17. The maximum atomic E-state index is 12.6. The van der Waals surface area contributed by atoms with Gasteiger partial charge in [0.05, 0.1) is 30.7 Å². The Kier molecular flexibility index (Phi) is 4.46. The predicted octanol–water partition coefficient (Wildman–Crippen LogP) is 2.14. The molecular formula is C14H12ClF3N4O2. The molecule has 0 saturated carbocycles. The van der Waals surface area contributed by atoms with E-state index in [1.807, 2.05) is 4.90 Å². The van der Waals surface area contributed by atoms with Crippen LogP contribution < -0.4 is 10.5 Å². The molecule has 0 atom stereocenters. The maximum absolute atomic E-state index is 12.6. The Labute approximate surface area is 139 Å². The summed E-state index contributed by atoms with van der Waals surface area (Å²) in [7, 11) is 0. The van der Waals surface area contributed by atoms with Crippen LogP contribution in [0.15, 0.2) is 29.3 Å². The lowest BCUT2D eigenvalue weighted by Crippen LogP contribution is -2.38. The molecule has 0 radical (unpaired) electrons. The molecule has 0 N–H and O–H groups in total. The van der Waals surface area contributed by atoms with Crippen LogP contribution in [0.2, 0.25) is 5.02 Å². The van der Waals surface area contributed by atoms with E-state index in [1.165, 1.54) is 6.20 Å². The fourth-order valence-electron chi connectivity index (χ4n) is 2.29. The third-order valence-corrected chi connectivity index (χ3v) is 3.90. The molecule has 10 heteroatoms. The fraction of sp³-hybridized carbons (Fsp3) is 0.357. The van der Waals surface area contributed by atoms with Crippen molar-refractivity contribution in [1.29, 1.82) is 0 Å². The quantitative estimate of drug-likeness (QED) is 0.821. The SMILES string of the molecule is O=c1c(Cl)c(N2CCOCC2)cnn1-c1ccc(C(F)(F)F)cn1. The lowest BCUT2D eigenvalue weighted by molar-refractivity contribution is -0.137. The van der Waals surface area contributed by atoms with Crippen molar-refractivity contribution in [1.82, 2.24) is 14.8 Å². The van der Waals surface area contributed by atoms with Crippen LogP contribution >= 0.6 is 11.6 Å². The van der Waals surface area contributed by atoms with Crippen molar-refractivity contribution in [3.8, 4) is 5.82 Å². The minimum Gasteiger partial charge on any atom is -0.378 e. The standard InChI is InChI=1S/C14H12ClF3N4O2/c15-12-10(21-3-5-24-6-4-21)8-20-22(13(12)23)11-2-1-9(7-19-11)14(16,17)18/h1-2,7-8H,3-6H2. The third kappa shape index (κ3) is 3.22. The molecule has 3 rings (SSSR count). The van der Waals surface area contributed by atoms with Gasteiger partial charge in [-0.2, -0.15) is 23.0 Å². The zero-order valence-electron chi connectivity index (χ0n) is 12.3. The summed E-state index contributed by atoms with van der Waals surface area (Å²) in [4.78, 5) is 17.9. The van der Waals surface area contributed by atoms with E-state index in [9.17, 15) is 18.0 Å². The lowest BCUT2D eigenvalue weighted by atomic mass is 10.3. The van der Waals surface area contributed by atoms with E-state index >= 15 is 0 Å². The van der Waals surface area contributed by atoms with Crippen molar-refractivity contribution >= 4 is 17.3 Å². The van der Waals surface area contributed by atoms with Gasteiger partial charge in [-0.15, -0.1) is 0 Å². The Hall–Kier alpha value is -2.13. The van der Waals surface area contributed by atoms with E-state index in [1.54, 1.807) is 0 Å². The van der Waals surface area contributed by atoms with Crippen LogP contribution in [0.5, 0.6) is 0 Å². The summed E-state index contributed by atoms with van der Waals surface area (Å²) < 4.78 is 43.8. The van der Waals surface area contributed by atoms with Crippen LogP contribution in [-0.4, -0.2) is 41.1 Å². The minimum absolute atomic E-state index is 0.0385. The van der Waals surface area contributed by atoms with Gasteiger partial charge in [0, 0.05) is 19.3 Å². The highest BCUT2D eigenvalue weighted by Gasteiger charge is 2.30. The van der Waals surface area contributed by atoms with E-state index < -0.39 is 17.3 Å². The molecule has 2 aromatic rings. The first kappa shape index (κ1) is 16.7. The minimum atomic E-state index is -4.50. The Morgan fingerprint density at radius 1 is 1.17 bits per heavy atom. The van der Waals surface area contributed by atoms with Crippen LogP contribution in [0.4, 0.5) is 18.9 Å². The van der Waals surface area contributed by atoms with Crippen LogP contribution in [-0.2, 0) is 10.9 Å². The Balaban J connectivity index is 1.95. The average molecular weight is 361 g/mol. The first-order chi connectivity index (χ1) is 11.4. The van der Waals surface area contributed by atoms with E-state index in [2.05, 4.69) is 10.1 Å². The monoisotopic (exact) mass is 360 g/mol. The van der Waals surface area contributed by atoms with Gasteiger partial charge in [-0.05, 0) is 12.1 Å². The highest BCUT2D eigenvalue weighted by Crippen LogP contribution is 2.28. The predicted molar refractivity (Wildman–Crippen MR) is 80.7 cm³/mol. The summed E-state index contributed by atoms with van der Waals surface area (Å²) in [5, 5.41) is 3.91. The number of pyridine rings is 1. The number of morpholine rings is 1. The third-order valence-electron chi connectivity index (χ3n) is 3.54. The molecule has 1 aliphatic rings. The topological polar surface area (TPSA) is 60.3 Å². The Morgan fingerprint density at radius 2 is 1.88 bits per heavy atom. The average Bonchev–Trinajstić information content (AvgIpc) is 2.57. The van der Waals surface area contributed by atoms with E-state index in [-0.39, 0.29) is 10.8 Å². The number of anilines is 1. The number of alkyl halides is 3. The Morgan fingerprint density at radius 3 is 2.46 bits per heavy atom. The lowest BCUT2D eigenvalue weighted by Gasteiger charge is -2.29. The van der Waals surface area contributed by atoms with Crippen molar-refractivity contribution < 1.29 is 17.9 Å². The van der Waals surface area contributed by atoms with Crippen LogP contribution in [0.1, 0.15) is 5.56 Å². The van der Waals surface area contributed by atoms with Gasteiger partial charge in [0.15, 0.2) is 5.82 Å². The number of aromatic nitrogens is 3. The largest absolute Gasteiger partial charge is 0.417 e. The van der Waals surface area contributed by atoms with Gasteiger partial charge < -0.3 is 9.64 Å². The molecule has 0 aromatic carbocycles. The first-order valence-electron chi connectivity index (χ1n) is 7.02. The molecule has 2 aromatic heterocycles. The zero-order chi connectivity index (χ0) is 17.3. The van der Waals surface area contributed by atoms with Crippen LogP contribution in [0, 0.1) is 0 Å². The number of rotatable bonds is 2. The van der Waals surface area contributed by atoms with Crippen molar-refractivity contribution in [2.24, 2.45) is 0 Å². The second-order valence-corrected chi connectivity index (χ2v) is 5.44. The molecule has 0 aliphatic carbocycles. The van der Waals surface area contributed by atoms with Crippen LogP contribution in [0.25, 0.3) is 5.82 Å². The number of nitrogens with zero attached hydrogens (tertiary/aromatic N) is 4. The molecule has 3 heterocycles. The van der Waals surface area contributed by atoms with E-state index in [0.29, 0.717) is 38.2 Å². The number of ether oxygens (including phenoxy) is 1. The molecule has 0 amide bonds. The molecule has 24 heavy (non-hydrogen) atoms. The normalized spacial score (nSPS) is 15.6. The smallest absolute Gasteiger partial charge is 0.378 e. The van der Waals surface area contributed by atoms with Crippen molar-refractivity contribution in [2.75, 3.05) is 31.2 Å². The number of hydrogen-bond acceptors (Lipinski definition) is 5. The molecule has 0 bridgehead atoms. The molecule has 0 unspecified atom stereocenters. The van der Waals surface area contributed by atoms with Gasteiger partial charge in [0.25, 0.3) is 5.56 Å². The summed E-state index contributed by atoms with van der Waals surface area (Å²) in [6, 6.07) is 1.90. The van der Waals surface area contributed by atoms with E-state index in [0.717, 1.165) is 16.8 Å². The van der Waals surface area contributed by atoms with Crippen molar-refractivity contribution in [3.63, 3.8) is 0 Å². The second-order valence-electron chi connectivity index (χ2n) is 5.06. The van der Waals surface area contributed by atoms with Gasteiger partial charge in [-0.3, -0.25) is 4.79 Å². The Bertz CT molecular complexity index is 786. The molecule has 1 saturated heterocycles.